The minimum Gasteiger partial charge on any atom is -0.508 e. The summed E-state index contributed by atoms with van der Waals surface area (Å²) in [6.07, 6.45) is 0. The van der Waals surface area contributed by atoms with Crippen molar-refractivity contribution in [2.75, 3.05) is 5.32 Å². The number of rotatable bonds is 2. The number of hydrogen-bond donors (Lipinski definition) is 2. The Kier molecular flexibility index (Phi) is 3.43. The fourth-order valence-corrected chi connectivity index (χ4v) is 1.51. The van der Waals surface area contributed by atoms with E-state index in [1.807, 2.05) is 0 Å². The quantitative estimate of drug-likeness (QED) is 0.822. The first-order valence-electron chi connectivity index (χ1n) is 4.98. The number of phenolic OH excluding ortho intramolecular Hbond substituents is 1. The lowest BCUT2D eigenvalue weighted by Crippen LogP contribution is -2.14. The van der Waals surface area contributed by atoms with Gasteiger partial charge in [-0.25, -0.2) is 9.37 Å². The summed E-state index contributed by atoms with van der Waals surface area (Å²) in [6, 6.07) is 7.97. The van der Waals surface area contributed by atoms with Gasteiger partial charge in [0.1, 0.15) is 22.5 Å². The van der Waals surface area contributed by atoms with Crippen LogP contribution in [-0.4, -0.2) is 16.0 Å². The Hall–Kier alpha value is -2.14. The minimum atomic E-state index is -0.811. The van der Waals surface area contributed by atoms with E-state index in [0.29, 0.717) is 0 Å². The lowest BCUT2D eigenvalue weighted by molar-refractivity contribution is 0.102. The van der Waals surface area contributed by atoms with Crippen LogP contribution in [0.15, 0.2) is 36.4 Å². The Labute approximate surface area is 107 Å². The highest BCUT2D eigenvalue weighted by Crippen LogP contribution is 2.17. The largest absolute Gasteiger partial charge is 0.508 e. The van der Waals surface area contributed by atoms with E-state index in [2.05, 4.69) is 10.3 Å². The molecule has 1 aromatic heterocycles. The fourth-order valence-electron chi connectivity index (χ4n) is 1.35. The predicted octanol–water partition coefficient (Wildman–Crippen LogP) is 2.83. The van der Waals surface area contributed by atoms with E-state index in [9.17, 15) is 9.18 Å². The molecule has 0 radical (unpaired) electrons. The van der Waals surface area contributed by atoms with Crippen molar-refractivity contribution < 1.29 is 14.3 Å². The Morgan fingerprint density at radius 1 is 1.33 bits per heavy atom. The van der Waals surface area contributed by atoms with E-state index in [4.69, 9.17) is 16.7 Å². The van der Waals surface area contributed by atoms with Crippen LogP contribution in [-0.2, 0) is 0 Å². The molecule has 0 aliphatic heterocycles. The van der Waals surface area contributed by atoms with Gasteiger partial charge >= 0.3 is 0 Å². The number of amides is 1. The van der Waals surface area contributed by atoms with Crippen molar-refractivity contribution in [2.24, 2.45) is 0 Å². The van der Waals surface area contributed by atoms with Gasteiger partial charge in [-0.3, -0.25) is 4.79 Å². The molecule has 0 unspecified atom stereocenters. The molecule has 0 fully saturated rings. The van der Waals surface area contributed by atoms with Gasteiger partial charge in [0.25, 0.3) is 5.91 Å². The molecule has 0 saturated heterocycles. The van der Waals surface area contributed by atoms with E-state index < -0.39 is 11.7 Å². The SMILES string of the molecule is O=C(Nc1cccc(Cl)n1)c1ccc(O)cc1F. The van der Waals surface area contributed by atoms with Crippen LogP contribution in [0.5, 0.6) is 5.75 Å². The van der Waals surface area contributed by atoms with Crippen LogP contribution in [0.25, 0.3) is 0 Å². The van der Waals surface area contributed by atoms with Gasteiger partial charge in [-0.15, -0.1) is 0 Å². The molecular weight excluding hydrogens is 259 g/mol. The molecule has 0 spiro atoms. The summed E-state index contributed by atoms with van der Waals surface area (Å²) in [4.78, 5) is 15.6. The molecule has 6 heteroatoms. The zero-order valence-corrected chi connectivity index (χ0v) is 9.78. The van der Waals surface area contributed by atoms with E-state index in [-0.39, 0.29) is 22.3 Å². The highest BCUT2D eigenvalue weighted by atomic mass is 35.5. The van der Waals surface area contributed by atoms with Crippen LogP contribution in [0, 0.1) is 5.82 Å². The number of aromatic hydroxyl groups is 1. The third kappa shape index (κ3) is 2.75. The van der Waals surface area contributed by atoms with E-state index in [1.54, 1.807) is 12.1 Å². The smallest absolute Gasteiger partial charge is 0.259 e. The summed E-state index contributed by atoms with van der Waals surface area (Å²) in [5.41, 5.74) is -0.186. The maximum atomic E-state index is 13.4. The van der Waals surface area contributed by atoms with Crippen LogP contribution in [0.4, 0.5) is 10.2 Å². The van der Waals surface area contributed by atoms with E-state index in [1.165, 1.54) is 18.2 Å². The first kappa shape index (κ1) is 12.3. The van der Waals surface area contributed by atoms with Crippen molar-refractivity contribution in [1.29, 1.82) is 0 Å². The second-order valence-corrected chi connectivity index (χ2v) is 3.85. The Morgan fingerprint density at radius 3 is 2.78 bits per heavy atom. The maximum absolute atomic E-state index is 13.4. The third-order valence-corrected chi connectivity index (χ3v) is 2.36. The summed E-state index contributed by atoms with van der Waals surface area (Å²) in [5, 5.41) is 11.7. The van der Waals surface area contributed by atoms with Crippen LogP contribution >= 0.6 is 11.6 Å². The summed E-state index contributed by atoms with van der Waals surface area (Å²) in [6.45, 7) is 0. The van der Waals surface area contributed by atoms with Crippen molar-refractivity contribution in [1.82, 2.24) is 4.98 Å². The molecule has 0 saturated carbocycles. The monoisotopic (exact) mass is 266 g/mol. The van der Waals surface area contributed by atoms with Crippen LogP contribution in [0.2, 0.25) is 5.15 Å². The number of carbonyl (C=O) groups is 1. The van der Waals surface area contributed by atoms with Crippen molar-refractivity contribution in [2.45, 2.75) is 0 Å². The van der Waals surface area contributed by atoms with Gasteiger partial charge in [0.05, 0.1) is 5.56 Å². The maximum Gasteiger partial charge on any atom is 0.259 e. The molecule has 4 nitrogen and oxygen atoms in total. The average molecular weight is 267 g/mol. The fraction of sp³-hybridized carbons (Fsp3) is 0. The van der Waals surface area contributed by atoms with Crippen LogP contribution in [0.1, 0.15) is 10.4 Å². The highest BCUT2D eigenvalue weighted by Gasteiger charge is 2.12. The molecule has 2 rings (SSSR count). The van der Waals surface area contributed by atoms with Gasteiger partial charge in [0, 0.05) is 6.07 Å². The van der Waals surface area contributed by atoms with E-state index >= 15 is 0 Å². The number of benzene rings is 1. The lowest BCUT2D eigenvalue weighted by Gasteiger charge is -2.05. The molecule has 2 aromatic rings. The molecule has 18 heavy (non-hydrogen) atoms. The van der Waals surface area contributed by atoms with Gasteiger partial charge in [-0.2, -0.15) is 0 Å². The molecule has 0 aliphatic carbocycles. The summed E-state index contributed by atoms with van der Waals surface area (Å²) in [5.74, 6) is -1.50. The Bertz CT molecular complexity index is 604. The minimum absolute atomic E-state index is 0.186. The first-order chi connectivity index (χ1) is 8.56. The second kappa shape index (κ2) is 5.01. The number of pyridine rings is 1. The Balaban J connectivity index is 2.22. The number of aromatic nitrogens is 1. The summed E-state index contributed by atoms with van der Waals surface area (Å²) >= 11 is 5.66. The number of phenols is 1. The van der Waals surface area contributed by atoms with Crippen molar-refractivity contribution >= 4 is 23.3 Å². The Morgan fingerprint density at radius 2 is 2.11 bits per heavy atom. The zero-order chi connectivity index (χ0) is 13.1. The zero-order valence-electron chi connectivity index (χ0n) is 9.02. The predicted molar refractivity (Wildman–Crippen MR) is 65.3 cm³/mol. The number of halogens is 2. The number of nitrogens with one attached hydrogen (secondary N) is 1. The molecule has 2 N–H and O–H groups in total. The van der Waals surface area contributed by atoms with Crippen LogP contribution in [0.3, 0.4) is 0 Å². The van der Waals surface area contributed by atoms with Crippen molar-refractivity contribution in [3.8, 4) is 5.75 Å². The van der Waals surface area contributed by atoms with Gasteiger partial charge in [-0.1, -0.05) is 17.7 Å². The van der Waals surface area contributed by atoms with Crippen molar-refractivity contribution in [3.63, 3.8) is 0 Å². The topological polar surface area (TPSA) is 62.2 Å². The summed E-state index contributed by atoms with van der Waals surface area (Å²) < 4.78 is 13.4. The number of carbonyl (C=O) groups excluding carboxylic acids is 1. The normalized spacial score (nSPS) is 10.1. The van der Waals surface area contributed by atoms with Crippen molar-refractivity contribution in [3.05, 3.63) is 52.9 Å². The molecule has 1 heterocycles. The number of nitrogens with zero attached hydrogens (tertiary/aromatic N) is 1. The van der Waals surface area contributed by atoms with Gasteiger partial charge < -0.3 is 10.4 Å². The third-order valence-electron chi connectivity index (χ3n) is 2.15. The highest BCUT2D eigenvalue weighted by molar-refractivity contribution is 6.29. The van der Waals surface area contributed by atoms with Gasteiger partial charge in [-0.05, 0) is 24.3 Å². The second-order valence-electron chi connectivity index (χ2n) is 3.46. The molecule has 0 aliphatic rings. The molecular formula is C12H8ClFN2O2. The summed E-state index contributed by atoms with van der Waals surface area (Å²) in [7, 11) is 0. The molecule has 0 atom stereocenters. The van der Waals surface area contributed by atoms with E-state index in [0.717, 1.165) is 6.07 Å². The molecule has 1 aromatic carbocycles. The first-order valence-corrected chi connectivity index (χ1v) is 5.36. The average Bonchev–Trinajstić information content (AvgIpc) is 2.28. The lowest BCUT2D eigenvalue weighted by atomic mass is 10.2. The van der Waals surface area contributed by atoms with Gasteiger partial charge in [0.15, 0.2) is 0 Å². The standard InChI is InChI=1S/C12H8ClFN2O2/c13-10-2-1-3-11(15-10)16-12(18)8-5-4-7(17)6-9(8)14/h1-6,17H,(H,15,16,18). The number of anilines is 1. The van der Waals surface area contributed by atoms with Crippen LogP contribution < -0.4 is 5.32 Å². The molecule has 92 valence electrons. The molecule has 1 amide bonds. The molecule has 0 bridgehead atoms. The number of hydrogen-bond acceptors (Lipinski definition) is 3. The van der Waals surface area contributed by atoms with Gasteiger partial charge in [0.2, 0.25) is 0 Å².